The highest BCUT2D eigenvalue weighted by atomic mass is 35.5. The summed E-state index contributed by atoms with van der Waals surface area (Å²) in [6.45, 7) is 7.07. The number of phenols is 1. The SMILES string of the molecule is Cc1c(-c2ccc(F)cc2)cc(C(C)(C)C)c(O)c1C(=O)Nc1ccc(S(=O)(=O)C(F)(F)F)c(Cl)c1. The Hall–Kier alpha value is -3.11. The minimum atomic E-state index is -5.69. The zero-order valence-electron chi connectivity index (χ0n) is 19.6. The van der Waals surface area contributed by atoms with Gasteiger partial charge in [-0.15, -0.1) is 0 Å². The second-order valence-corrected chi connectivity index (χ2v) is 11.4. The van der Waals surface area contributed by atoms with Crippen molar-refractivity contribution in [1.29, 1.82) is 0 Å². The van der Waals surface area contributed by atoms with E-state index in [2.05, 4.69) is 5.32 Å². The third kappa shape index (κ3) is 5.19. The maximum atomic E-state index is 13.5. The Bertz CT molecular complexity index is 1440. The van der Waals surface area contributed by atoms with Crippen LogP contribution in [0, 0.1) is 12.7 Å². The van der Waals surface area contributed by atoms with E-state index in [1.54, 1.807) is 13.0 Å². The minimum absolute atomic E-state index is 0.0885. The Morgan fingerprint density at radius 1 is 1.00 bits per heavy atom. The van der Waals surface area contributed by atoms with Crippen molar-refractivity contribution in [3.63, 3.8) is 0 Å². The summed E-state index contributed by atoms with van der Waals surface area (Å²) in [6, 6.07) is 9.77. The summed E-state index contributed by atoms with van der Waals surface area (Å²) < 4.78 is 75.5. The predicted molar refractivity (Wildman–Crippen MR) is 130 cm³/mol. The zero-order chi connectivity index (χ0) is 27.2. The topological polar surface area (TPSA) is 83.5 Å². The number of carbonyl (C=O) groups excluding carboxylic acids is 1. The normalized spacial score (nSPS) is 12.5. The van der Waals surface area contributed by atoms with E-state index in [0.29, 0.717) is 28.3 Å². The summed E-state index contributed by atoms with van der Waals surface area (Å²) in [7, 11) is -5.69. The summed E-state index contributed by atoms with van der Waals surface area (Å²) in [5, 5.41) is 12.7. The van der Waals surface area contributed by atoms with E-state index in [1.165, 1.54) is 24.3 Å². The molecule has 0 saturated carbocycles. The first-order valence-electron chi connectivity index (χ1n) is 10.5. The van der Waals surface area contributed by atoms with Gasteiger partial charge >= 0.3 is 5.51 Å². The molecule has 11 heteroatoms. The molecule has 0 aliphatic rings. The average Bonchev–Trinajstić information content (AvgIpc) is 2.73. The van der Waals surface area contributed by atoms with Crippen LogP contribution in [0.5, 0.6) is 5.75 Å². The van der Waals surface area contributed by atoms with Crippen LogP contribution in [0.25, 0.3) is 11.1 Å². The number of phenolic OH excluding ortho intramolecular Hbond substituents is 1. The Labute approximate surface area is 210 Å². The van der Waals surface area contributed by atoms with E-state index in [0.717, 1.165) is 12.1 Å². The largest absolute Gasteiger partial charge is 0.507 e. The molecule has 0 radical (unpaired) electrons. The van der Waals surface area contributed by atoms with Crippen LogP contribution < -0.4 is 5.32 Å². The van der Waals surface area contributed by atoms with Gasteiger partial charge in [-0.25, -0.2) is 12.8 Å². The standard InChI is InChI=1S/C25H22ClF4NO4S/c1-13-17(14-5-7-15(27)8-6-14)12-18(24(2,3)4)22(32)21(13)23(33)31-16-9-10-20(19(26)11-16)36(34,35)25(28,29)30/h5-12,32H,1-4H3,(H,31,33). The Balaban J connectivity index is 2.10. The van der Waals surface area contributed by atoms with Crippen molar-refractivity contribution in [2.45, 2.75) is 43.5 Å². The molecular formula is C25H22ClF4NO4S. The third-order valence-corrected chi connectivity index (χ3v) is 7.50. The summed E-state index contributed by atoms with van der Waals surface area (Å²) in [5.41, 5.74) is -4.38. The molecule has 192 valence electrons. The molecule has 0 unspecified atom stereocenters. The quantitative estimate of drug-likeness (QED) is 0.347. The van der Waals surface area contributed by atoms with Crippen molar-refractivity contribution >= 4 is 33.0 Å². The van der Waals surface area contributed by atoms with Gasteiger partial charge in [0, 0.05) is 11.3 Å². The smallest absolute Gasteiger partial charge is 0.501 e. The van der Waals surface area contributed by atoms with Crippen LogP contribution in [0.15, 0.2) is 53.4 Å². The second kappa shape index (κ2) is 9.40. The third-order valence-electron chi connectivity index (χ3n) is 5.53. The number of alkyl halides is 3. The fraction of sp³-hybridized carbons (Fsp3) is 0.240. The highest BCUT2D eigenvalue weighted by molar-refractivity contribution is 7.92. The van der Waals surface area contributed by atoms with Crippen LogP contribution >= 0.6 is 11.6 Å². The molecule has 0 aromatic heterocycles. The van der Waals surface area contributed by atoms with Crippen molar-refractivity contribution in [1.82, 2.24) is 0 Å². The highest BCUT2D eigenvalue weighted by Gasteiger charge is 2.47. The number of amides is 1. The number of halogens is 5. The summed E-state index contributed by atoms with van der Waals surface area (Å²) in [4.78, 5) is 12.1. The average molecular weight is 544 g/mol. The number of sulfone groups is 1. The van der Waals surface area contributed by atoms with Gasteiger partial charge in [0.15, 0.2) is 0 Å². The molecule has 0 saturated heterocycles. The number of carbonyl (C=O) groups is 1. The minimum Gasteiger partial charge on any atom is -0.507 e. The van der Waals surface area contributed by atoms with E-state index < -0.39 is 42.4 Å². The molecule has 0 heterocycles. The van der Waals surface area contributed by atoms with Gasteiger partial charge in [-0.05, 0) is 65.4 Å². The number of anilines is 1. The van der Waals surface area contributed by atoms with Crippen molar-refractivity contribution in [2.75, 3.05) is 5.32 Å². The van der Waals surface area contributed by atoms with E-state index in [9.17, 15) is 35.9 Å². The molecule has 3 aromatic rings. The van der Waals surface area contributed by atoms with Crippen LogP contribution in [-0.4, -0.2) is 24.9 Å². The van der Waals surface area contributed by atoms with E-state index >= 15 is 0 Å². The van der Waals surface area contributed by atoms with Crippen molar-refractivity contribution in [2.24, 2.45) is 0 Å². The highest BCUT2D eigenvalue weighted by Crippen LogP contribution is 2.41. The maximum Gasteiger partial charge on any atom is 0.501 e. The van der Waals surface area contributed by atoms with Gasteiger partial charge in [0.05, 0.1) is 15.5 Å². The van der Waals surface area contributed by atoms with Crippen molar-refractivity contribution < 1.29 is 35.9 Å². The lowest BCUT2D eigenvalue weighted by Gasteiger charge is -2.25. The van der Waals surface area contributed by atoms with Crippen molar-refractivity contribution in [3.05, 3.63) is 76.1 Å². The van der Waals surface area contributed by atoms with Gasteiger partial charge < -0.3 is 10.4 Å². The van der Waals surface area contributed by atoms with Gasteiger partial charge in [0.25, 0.3) is 15.7 Å². The first-order valence-corrected chi connectivity index (χ1v) is 12.4. The van der Waals surface area contributed by atoms with Gasteiger partial charge in [-0.1, -0.05) is 44.5 Å². The number of hydrogen-bond donors (Lipinski definition) is 2. The van der Waals surface area contributed by atoms with Crippen molar-refractivity contribution in [3.8, 4) is 16.9 Å². The second-order valence-electron chi connectivity index (χ2n) is 9.13. The molecule has 0 spiro atoms. The fourth-order valence-corrected chi connectivity index (χ4v) is 4.96. The number of hydrogen-bond acceptors (Lipinski definition) is 4. The molecular weight excluding hydrogens is 522 g/mol. The lowest BCUT2D eigenvalue weighted by atomic mass is 9.81. The van der Waals surface area contributed by atoms with Crippen LogP contribution in [0.2, 0.25) is 5.02 Å². The lowest BCUT2D eigenvalue weighted by Crippen LogP contribution is -2.23. The number of benzene rings is 3. The molecule has 0 aliphatic heterocycles. The van der Waals surface area contributed by atoms with Crippen LogP contribution in [0.4, 0.5) is 23.2 Å². The number of nitrogens with one attached hydrogen (secondary N) is 1. The van der Waals surface area contributed by atoms with Gasteiger partial charge in [0.2, 0.25) is 0 Å². The first kappa shape index (κ1) is 27.5. The molecule has 0 fully saturated rings. The van der Waals surface area contributed by atoms with Crippen LogP contribution in [-0.2, 0) is 15.3 Å². The van der Waals surface area contributed by atoms with E-state index in [1.807, 2.05) is 20.8 Å². The predicted octanol–water partition coefficient (Wildman–Crippen LogP) is 7.00. The molecule has 3 aromatic carbocycles. The molecule has 3 rings (SSSR count). The van der Waals surface area contributed by atoms with Gasteiger partial charge in [-0.3, -0.25) is 4.79 Å². The lowest BCUT2D eigenvalue weighted by molar-refractivity contribution is -0.0436. The molecule has 5 nitrogen and oxygen atoms in total. The molecule has 0 atom stereocenters. The molecule has 1 amide bonds. The number of aromatic hydroxyl groups is 1. The monoisotopic (exact) mass is 543 g/mol. The first-order chi connectivity index (χ1) is 16.4. The van der Waals surface area contributed by atoms with Gasteiger partial charge in [0.1, 0.15) is 11.6 Å². The summed E-state index contributed by atoms with van der Waals surface area (Å²) in [6.07, 6.45) is 0. The van der Waals surface area contributed by atoms with Crippen LogP contribution in [0.3, 0.4) is 0 Å². The van der Waals surface area contributed by atoms with E-state index in [4.69, 9.17) is 11.6 Å². The maximum absolute atomic E-state index is 13.5. The van der Waals surface area contributed by atoms with Gasteiger partial charge in [-0.2, -0.15) is 13.2 Å². The summed E-state index contributed by atoms with van der Waals surface area (Å²) in [5.74, 6) is -1.55. The fourth-order valence-electron chi connectivity index (χ4n) is 3.66. The zero-order valence-corrected chi connectivity index (χ0v) is 21.2. The molecule has 2 N–H and O–H groups in total. The molecule has 0 aliphatic carbocycles. The Kier molecular flexibility index (Phi) is 7.18. The Morgan fingerprint density at radius 3 is 2.08 bits per heavy atom. The summed E-state index contributed by atoms with van der Waals surface area (Å²) >= 11 is 5.80. The Morgan fingerprint density at radius 2 is 1.58 bits per heavy atom. The number of rotatable bonds is 4. The van der Waals surface area contributed by atoms with E-state index in [-0.39, 0.29) is 17.0 Å². The molecule has 36 heavy (non-hydrogen) atoms. The van der Waals surface area contributed by atoms with Crippen LogP contribution in [0.1, 0.15) is 42.3 Å². The molecule has 0 bridgehead atoms.